The lowest BCUT2D eigenvalue weighted by atomic mass is 9.75. The number of carbonyl (C=O) groups excluding carboxylic acids is 3. The van der Waals surface area contributed by atoms with E-state index in [1.54, 1.807) is 13.8 Å². The number of nitrogens with one attached hydrogen (secondary N) is 2. The lowest BCUT2D eigenvalue weighted by molar-refractivity contribution is -0.132. The zero-order valence-corrected chi connectivity index (χ0v) is 29.6. The van der Waals surface area contributed by atoms with Gasteiger partial charge in [-0.25, -0.2) is 4.79 Å². The van der Waals surface area contributed by atoms with Crippen molar-refractivity contribution in [2.75, 3.05) is 26.2 Å². The molecule has 0 spiro atoms. The molecule has 0 radical (unpaired) electrons. The van der Waals surface area contributed by atoms with Crippen LogP contribution in [0.4, 0.5) is 4.79 Å². The van der Waals surface area contributed by atoms with Crippen LogP contribution in [0.3, 0.4) is 0 Å². The predicted molar refractivity (Wildman–Crippen MR) is 183 cm³/mol. The second-order valence-corrected chi connectivity index (χ2v) is 14.7. The first-order chi connectivity index (χ1) is 20.7. The number of rotatable bonds is 11. The van der Waals surface area contributed by atoms with E-state index in [2.05, 4.69) is 38.3 Å². The summed E-state index contributed by atoms with van der Waals surface area (Å²) < 4.78 is 0. The molecule has 1 aliphatic carbocycles. The summed E-state index contributed by atoms with van der Waals surface area (Å²) in [5.41, 5.74) is 1.03. The highest BCUT2D eigenvalue weighted by Crippen LogP contribution is 2.35. The monoisotopic (exact) mass is 635 g/mol. The Morgan fingerprint density at radius 1 is 1.09 bits per heavy atom. The SMILES string of the molecule is CC1(C)CCC(NC(=O)C(C)(C)CO)CC1.CCCCCC(C)C(C)C=O.CCNC(=O)N1CCC(c2ccc(Cl)cc2)C1. The van der Waals surface area contributed by atoms with Gasteiger partial charge in [-0.3, -0.25) is 4.79 Å². The molecule has 3 unspecified atom stereocenters. The Bertz CT molecular complexity index is 972. The van der Waals surface area contributed by atoms with Gasteiger partial charge >= 0.3 is 6.03 Å². The van der Waals surface area contributed by atoms with E-state index in [4.69, 9.17) is 16.7 Å². The number of carbonyl (C=O) groups is 3. The van der Waals surface area contributed by atoms with Crippen LogP contribution in [-0.2, 0) is 9.59 Å². The van der Waals surface area contributed by atoms with E-state index in [9.17, 15) is 14.4 Å². The number of nitrogens with zero attached hydrogens (tertiary/aromatic N) is 1. The van der Waals surface area contributed by atoms with Crippen molar-refractivity contribution in [3.05, 3.63) is 34.9 Å². The van der Waals surface area contributed by atoms with Crippen LogP contribution < -0.4 is 10.6 Å². The third-order valence-electron chi connectivity index (χ3n) is 9.20. The van der Waals surface area contributed by atoms with Gasteiger partial charge in [-0.05, 0) is 81.9 Å². The maximum Gasteiger partial charge on any atom is 0.317 e. The molecule has 1 heterocycles. The summed E-state index contributed by atoms with van der Waals surface area (Å²) in [5, 5.41) is 15.8. The average molecular weight is 636 g/mol. The number of aliphatic hydroxyl groups excluding tert-OH is 1. The molecule has 1 aliphatic heterocycles. The average Bonchev–Trinajstić information content (AvgIpc) is 3.49. The van der Waals surface area contributed by atoms with Crippen molar-refractivity contribution in [3.8, 4) is 0 Å². The molecule has 2 fully saturated rings. The van der Waals surface area contributed by atoms with Gasteiger partial charge in [0, 0.05) is 42.5 Å². The summed E-state index contributed by atoms with van der Waals surface area (Å²) >= 11 is 5.86. The van der Waals surface area contributed by atoms with Crippen molar-refractivity contribution in [1.29, 1.82) is 0 Å². The van der Waals surface area contributed by atoms with E-state index in [-0.39, 0.29) is 24.5 Å². The van der Waals surface area contributed by atoms with Crippen molar-refractivity contribution >= 4 is 29.8 Å². The smallest absolute Gasteiger partial charge is 0.317 e. The molecule has 44 heavy (non-hydrogen) atoms. The Hall–Kier alpha value is -2.12. The van der Waals surface area contributed by atoms with Gasteiger partial charge < -0.3 is 25.4 Å². The highest BCUT2D eigenvalue weighted by molar-refractivity contribution is 6.30. The van der Waals surface area contributed by atoms with Crippen LogP contribution in [0.15, 0.2) is 24.3 Å². The number of amides is 3. The molecule has 8 heteroatoms. The molecule has 252 valence electrons. The molecule has 3 amide bonds. The first-order valence-corrected chi connectivity index (χ1v) is 17.2. The fraction of sp³-hybridized carbons (Fsp3) is 0.750. The van der Waals surface area contributed by atoms with E-state index < -0.39 is 5.41 Å². The largest absolute Gasteiger partial charge is 0.395 e. The third-order valence-corrected chi connectivity index (χ3v) is 9.46. The van der Waals surface area contributed by atoms with Crippen LogP contribution >= 0.6 is 11.6 Å². The van der Waals surface area contributed by atoms with Gasteiger partial charge in [-0.2, -0.15) is 0 Å². The molecule has 1 saturated heterocycles. The van der Waals surface area contributed by atoms with Gasteiger partial charge in [0.1, 0.15) is 6.29 Å². The zero-order chi connectivity index (χ0) is 33.3. The lowest BCUT2D eigenvalue weighted by Gasteiger charge is -2.35. The summed E-state index contributed by atoms with van der Waals surface area (Å²) in [5.74, 6) is 1.22. The van der Waals surface area contributed by atoms with E-state index in [0.717, 1.165) is 56.5 Å². The summed E-state index contributed by atoms with van der Waals surface area (Å²) in [4.78, 5) is 35.8. The highest BCUT2D eigenvalue weighted by Gasteiger charge is 2.32. The standard InChI is InChI=1S/C13H17ClN2O.C13H25NO2.C10H20O/c1-2-15-13(17)16-8-7-11(9-16)10-3-5-12(14)6-4-10;1-12(2)7-5-10(6-8-12)14-11(16)13(3,4)9-15;1-4-5-6-7-9(2)10(3)8-11/h3-6,11H,2,7-9H2,1H3,(H,15,17);10,15H,5-9H2,1-4H3,(H,14,16);8-10H,4-7H2,1-3H3. The molecule has 3 rings (SSSR count). The van der Waals surface area contributed by atoms with Crippen molar-refractivity contribution in [3.63, 3.8) is 0 Å². The van der Waals surface area contributed by atoms with Gasteiger partial charge in [0.05, 0.1) is 12.0 Å². The van der Waals surface area contributed by atoms with Crippen molar-refractivity contribution in [2.45, 2.75) is 125 Å². The maximum absolute atomic E-state index is 11.9. The molecule has 0 aromatic heterocycles. The quantitative estimate of drug-likeness (QED) is 0.170. The number of unbranched alkanes of at least 4 members (excludes halogenated alkanes) is 2. The number of benzene rings is 1. The van der Waals surface area contributed by atoms with Crippen LogP contribution in [0.1, 0.15) is 125 Å². The number of urea groups is 1. The Labute approximate surface area is 273 Å². The van der Waals surface area contributed by atoms with E-state index in [1.165, 1.54) is 31.2 Å². The van der Waals surface area contributed by atoms with E-state index >= 15 is 0 Å². The van der Waals surface area contributed by atoms with Crippen molar-refractivity contribution in [1.82, 2.24) is 15.5 Å². The number of hydrogen-bond donors (Lipinski definition) is 3. The second kappa shape index (κ2) is 20.1. The molecule has 1 aromatic rings. The molecule has 2 aliphatic rings. The number of aldehydes is 1. The second-order valence-electron chi connectivity index (χ2n) is 14.2. The summed E-state index contributed by atoms with van der Waals surface area (Å²) in [6, 6.07) is 8.26. The molecule has 3 atom stereocenters. The lowest BCUT2D eigenvalue weighted by Crippen LogP contribution is -2.46. The predicted octanol–water partition coefficient (Wildman–Crippen LogP) is 7.99. The fourth-order valence-corrected chi connectivity index (χ4v) is 5.45. The molecule has 1 saturated carbocycles. The number of hydrogen-bond acceptors (Lipinski definition) is 4. The molecule has 3 N–H and O–H groups in total. The number of halogens is 1. The van der Waals surface area contributed by atoms with Crippen LogP contribution in [0.2, 0.25) is 5.02 Å². The van der Waals surface area contributed by atoms with Crippen molar-refractivity contribution < 1.29 is 19.5 Å². The normalized spacial score (nSPS) is 19.4. The van der Waals surface area contributed by atoms with Crippen LogP contribution in [-0.4, -0.2) is 60.5 Å². The number of likely N-dealkylation sites (tertiary alicyclic amines) is 1. The highest BCUT2D eigenvalue weighted by atomic mass is 35.5. The van der Waals surface area contributed by atoms with Gasteiger partial charge in [0.15, 0.2) is 0 Å². The van der Waals surface area contributed by atoms with E-state index in [0.29, 0.717) is 29.8 Å². The van der Waals surface area contributed by atoms with Gasteiger partial charge in [0.2, 0.25) is 5.91 Å². The first kappa shape index (κ1) is 39.9. The minimum absolute atomic E-state index is 0.0280. The van der Waals surface area contributed by atoms with Crippen LogP contribution in [0, 0.1) is 22.7 Å². The van der Waals surface area contributed by atoms with Crippen LogP contribution in [0.5, 0.6) is 0 Å². The minimum atomic E-state index is -0.660. The molecule has 7 nitrogen and oxygen atoms in total. The minimum Gasteiger partial charge on any atom is -0.395 e. The van der Waals surface area contributed by atoms with Gasteiger partial charge in [-0.15, -0.1) is 0 Å². The Balaban J connectivity index is 0.000000339. The van der Waals surface area contributed by atoms with Gasteiger partial charge in [0.25, 0.3) is 0 Å². The number of aliphatic hydroxyl groups is 1. The summed E-state index contributed by atoms with van der Waals surface area (Å²) in [6.07, 6.45) is 11.6. The topological polar surface area (TPSA) is 98.7 Å². The van der Waals surface area contributed by atoms with Crippen molar-refractivity contribution in [2.24, 2.45) is 22.7 Å². The Kier molecular flexibility index (Phi) is 18.2. The summed E-state index contributed by atoms with van der Waals surface area (Å²) in [7, 11) is 0. The zero-order valence-electron chi connectivity index (χ0n) is 28.9. The summed E-state index contributed by atoms with van der Waals surface area (Å²) in [6.45, 7) is 18.6. The molecule has 1 aromatic carbocycles. The first-order valence-electron chi connectivity index (χ1n) is 16.8. The molecular formula is C36H62ClN3O4. The maximum atomic E-state index is 11.9. The third kappa shape index (κ3) is 14.8. The molecule has 0 bridgehead atoms. The Morgan fingerprint density at radius 3 is 2.23 bits per heavy atom. The van der Waals surface area contributed by atoms with E-state index in [1.807, 2.05) is 43.0 Å². The van der Waals surface area contributed by atoms with Gasteiger partial charge in [-0.1, -0.05) is 84.0 Å². The van der Waals surface area contributed by atoms with Crippen LogP contribution in [0.25, 0.3) is 0 Å². The molecular weight excluding hydrogens is 574 g/mol. The fourth-order valence-electron chi connectivity index (χ4n) is 5.32. The Morgan fingerprint density at radius 2 is 1.70 bits per heavy atom.